The summed E-state index contributed by atoms with van der Waals surface area (Å²) in [6, 6.07) is -2.12. The number of carbonyl (C=O) groups excluding carboxylic acids is 8. The van der Waals surface area contributed by atoms with E-state index in [0.29, 0.717) is 24.2 Å². The number of phosphoric acid groups is 1. The number of nitrogens with one attached hydrogen (secondary N) is 6. The number of nitrogens with zero attached hydrogens (tertiary/aromatic N) is 1. The zero-order valence-electron chi connectivity index (χ0n) is 32.4. The van der Waals surface area contributed by atoms with Crippen molar-refractivity contribution < 1.29 is 57.2 Å². The van der Waals surface area contributed by atoms with Crippen LogP contribution in [-0.2, 0) is 49.3 Å². The van der Waals surface area contributed by atoms with E-state index in [0.717, 1.165) is 0 Å². The van der Waals surface area contributed by atoms with Gasteiger partial charge in [0.25, 0.3) is 0 Å². The molecule has 0 aliphatic carbocycles. The summed E-state index contributed by atoms with van der Waals surface area (Å²) in [5, 5.41) is 15.7. The highest BCUT2D eigenvalue weighted by molar-refractivity contribution is 7.99. The molecule has 0 aromatic heterocycles. The number of nitrogens with two attached hydrogens (primary N) is 1. The predicted molar refractivity (Wildman–Crippen MR) is 207 cm³/mol. The van der Waals surface area contributed by atoms with Crippen LogP contribution in [0.15, 0.2) is 24.3 Å². The fraction of sp³-hybridized carbons (Fsp3) is 0.600. The number of phosphoric ester groups is 1. The SMILES string of the molecule is CC(=O)N[C@H]1CSCCNC(=O)[C@@H]2CCCN2C(=O)[C@H](C(C)C)NC(=O)[C@H](CC(N)=O)NC(=O)[C@H](C(C)C)NC(=O)[C@H](Cc2ccc(OP(=O)(O)O)cc2)NC1=O. The lowest BCUT2D eigenvalue weighted by molar-refractivity contribution is -0.143. The topological polar surface area (TPSA) is 305 Å². The van der Waals surface area contributed by atoms with Crippen molar-refractivity contribution in [2.75, 3.05) is 24.6 Å². The summed E-state index contributed by atoms with van der Waals surface area (Å²) in [4.78, 5) is 126. The van der Waals surface area contributed by atoms with Gasteiger partial charge in [-0.3, -0.25) is 48.1 Å². The first-order valence-electron chi connectivity index (χ1n) is 18.4. The van der Waals surface area contributed by atoms with Gasteiger partial charge in [-0.25, -0.2) is 4.57 Å². The minimum atomic E-state index is -4.87. The van der Waals surface area contributed by atoms with Crippen LogP contribution in [0, 0.1) is 11.8 Å². The average Bonchev–Trinajstić information content (AvgIpc) is 3.60. The van der Waals surface area contributed by atoms with Gasteiger partial charge >= 0.3 is 7.82 Å². The zero-order valence-corrected chi connectivity index (χ0v) is 34.2. The van der Waals surface area contributed by atoms with Crippen LogP contribution in [0.3, 0.4) is 0 Å². The lowest BCUT2D eigenvalue weighted by Gasteiger charge is -2.32. The lowest BCUT2D eigenvalue weighted by Crippen LogP contribution is -2.61. The van der Waals surface area contributed by atoms with E-state index in [9.17, 15) is 42.9 Å². The minimum absolute atomic E-state index is 0.0338. The number of hydrogen-bond acceptors (Lipinski definition) is 11. The Hall–Kier alpha value is -4.72. The largest absolute Gasteiger partial charge is 0.524 e. The van der Waals surface area contributed by atoms with Crippen molar-refractivity contribution >= 4 is 66.8 Å². The van der Waals surface area contributed by atoms with E-state index in [-0.39, 0.29) is 31.0 Å². The molecule has 2 aliphatic rings. The second-order valence-corrected chi connectivity index (χ2v) is 16.8. The second kappa shape index (κ2) is 21.2. The Morgan fingerprint density at radius 2 is 1.49 bits per heavy atom. The Bertz CT molecular complexity index is 1710. The Morgan fingerprint density at radius 3 is 2.07 bits per heavy atom. The molecule has 0 saturated carbocycles. The van der Waals surface area contributed by atoms with E-state index in [2.05, 4.69) is 36.4 Å². The molecule has 2 aliphatic heterocycles. The molecule has 2 fully saturated rings. The highest BCUT2D eigenvalue weighted by Gasteiger charge is 2.40. The summed E-state index contributed by atoms with van der Waals surface area (Å²) in [6.07, 6.45) is 0.0446. The first-order chi connectivity index (χ1) is 26.7. The van der Waals surface area contributed by atoms with Gasteiger partial charge in [0.15, 0.2) is 0 Å². The molecule has 0 bridgehead atoms. The number of hydrogen-bond donors (Lipinski definition) is 9. The number of thioether (sulfide) groups is 1. The summed E-state index contributed by atoms with van der Waals surface area (Å²) in [7, 11) is -4.87. The summed E-state index contributed by atoms with van der Waals surface area (Å²) in [6.45, 7) is 8.20. The van der Waals surface area contributed by atoms with Gasteiger partial charge in [-0.1, -0.05) is 39.8 Å². The van der Waals surface area contributed by atoms with Gasteiger partial charge in [-0.15, -0.1) is 0 Å². The second-order valence-electron chi connectivity index (χ2n) is 14.5. The molecular weight excluding hydrogens is 787 g/mol. The van der Waals surface area contributed by atoms with Crippen molar-refractivity contribution in [1.29, 1.82) is 0 Å². The third-order valence-corrected chi connectivity index (χ3v) is 10.6. The normalized spacial score (nSPS) is 25.2. The fourth-order valence-corrected chi connectivity index (χ4v) is 7.52. The van der Waals surface area contributed by atoms with Crippen LogP contribution in [0.5, 0.6) is 5.75 Å². The Labute approximate surface area is 334 Å². The van der Waals surface area contributed by atoms with Crippen LogP contribution < -0.4 is 42.2 Å². The third-order valence-electron chi connectivity index (χ3n) is 9.10. The summed E-state index contributed by atoms with van der Waals surface area (Å²) in [5.41, 5.74) is 5.85. The van der Waals surface area contributed by atoms with Crippen molar-refractivity contribution in [1.82, 2.24) is 36.8 Å². The van der Waals surface area contributed by atoms with Crippen LogP contribution in [0.25, 0.3) is 0 Å². The Morgan fingerprint density at radius 1 is 0.895 bits per heavy atom. The first kappa shape index (κ1) is 46.7. The number of primary amides is 1. The molecule has 3 rings (SSSR count). The molecule has 10 N–H and O–H groups in total. The van der Waals surface area contributed by atoms with Gasteiger partial charge in [-0.2, -0.15) is 11.8 Å². The van der Waals surface area contributed by atoms with Crippen LogP contribution >= 0.6 is 19.6 Å². The van der Waals surface area contributed by atoms with Gasteiger partial charge in [0.2, 0.25) is 47.3 Å². The van der Waals surface area contributed by atoms with Crippen molar-refractivity contribution in [3.8, 4) is 5.75 Å². The molecule has 22 heteroatoms. The standard InChI is InChI=1S/C35H53N8O12PS/c1-18(2)28-34(50)40-24(16-27(36)45)31(47)42-29(19(3)4)35(51)43-13-6-7-26(43)33(49)37-12-14-57-17-25(38-20(5)44)32(48)39-23(30(46)41-28)15-21-8-10-22(11-9-21)55-56(52,53)54/h8-11,18-19,23-26,28-29H,6-7,12-17H2,1-5H3,(H2,36,45)(H,37,49)(H,38,44)(H,39,48)(H,40,50)(H,41,46)(H,42,47)(H2,52,53,54)/t23-,24-,25-,26-,28-,29-/m0/s1. The zero-order chi connectivity index (χ0) is 42.6. The van der Waals surface area contributed by atoms with E-state index >= 15 is 0 Å². The van der Waals surface area contributed by atoms with Gasteiger partial charge < -0.3 is 47.1 Å². The van der Waals surface area contributed by atoms with Crippen LogP contribution in [0.4, 0.5) is 0 Å². The van der Waals surface area contributed by atoms with E-state index in [1.165, 1.54) is 47.9 Å². The monoisotopic (exact) mass is 840 g/mol. The minimum Gasteiger partial charge on any atom is -0.404 e. The van der Waals surface area contributed by atoms with E-state index in [4.69, 9.17) is 15.5 Å². The molecule has 20 nitrogen and oxygen atoms in total. The maximum Gasteiger partial charge on any atom is 0.524 e. The van der Waals surface area contributed by atoms with Gasteiger partial charge in [-0.05, 0) is 42.4 Å². The van der Waals surface area contributed by atoms with Crippen molar-refractivity contribution in [3.05, 3.63) is 29.8 Å². The maximum absolute atomic E-state index is 14.0. The highest BCUT2D eigenvalue weighted by Crippen LogP contribution is 2.37. The van der Waals surface area contributed by atoms with E-state index in [1.54, 1.807) is 27.7 Å². The third kappa shape index (κ3) is 14.6. The number of fused-ring (bicyclic) bond motifs is 1. The quantitative estimate of drug-likeness (QED) is 0.124. The molecule has 1 aromatic carbocycles. The molecule has 0 unspecified atom stereocenters. The molecule has 2 heterocycles. The van der Waals surface area contributed by atoms with Gasteiger partial charge in [0.1, 0.15) is 42.0 Å². The Kier molecular flexibility index (Phi) is 17.3. The van der Waals surface area contributed by atoms with Crippen molar-refractivity contribution in [3.63, 3.8) is 0 Å². The molecule has 316 valence electrons. The Balaban J connectivity index is 2.02. The number of rotatable bonds is 9. The number of amides is 8. The van der Waals surface area contributed by atoms with Crippen LogP contribution in [-0.4, -0.2) is 123 Å². The van der Waals surface area contributed by atoms with Crippen molar-refractivity contribution in [2.45, 2.75) is 96.6 Å². The molecular formula is C35H53N8O12PS. The lowest BCUT2D eigenvalue weighted by atomic mass is 9.99. The molecule has 0 spiro atoms. The predicted octanol–water partition coefficient (Wildman–Crippen LogP) is -1.81. The molecule has 2 saturated heterocycles. The fourth-order valence-electron chi connectivity index (χ4n) is 6.24. The molecule has 8 amide bonds. The maximum atomic E-state index is 14.0. The molecule has 0 radical (unpaired) electrons. The van der Waals surface area contributed by atoms with Crippen LogP contribution in [0.1, 0.15) is 59.4 Å². The summed E-state index contributed by atoms with van der Waals surface area (Å²) >= 11 is 1.23. The molecule has 57 heavy (non-hydrogen) atoms. The van der Waals surface area contributed by atoms with E-state index < -0.39 is 110 Å². The van der Waals surface area contributed by atoms with Gasteiger partial charge in [0.05, 0.1) is 6.42 Å². The van der Waals surface area contributed by atoms with Crippen LogP contribution in [0.2, 0.25) is 0 Å². The summed E-state index contributed by atoms with van der Waals surface area (Å²) in [5.74, 6) is -6.74. The number of benzene rings is 1. The van der Waals surface area contributed by atoms with Crippen molar-refractivity contribution in [2.24, 2.45) is 17.6 Å². The summed E-state index contributed by atoms with van der Waals surface area (Å²) < 4.78 is 15.9. The molecule has 1 aromatic rings. The number of carbonyl (C=O) groups is 8. The average molecular weight is 841 g/mol. The van der Waals surface area contributed by atoms with Gasteiger partial charge in [0, 0.05) is 37.9 Å². The van der Waals surface area contributed by atoms with E-state index in [1.807, 2.05) is 0 Å². The smallest absolute Gasteiger partial charge is 0.404 e. The molecule has 6 atom stereocenters. The highest BCUT2D eigenvalue weighted by atomic mass is 32.2. The first-order valence-corrected chi connectivity index (χ1v) is 21.1.